The molecule has 0 atom stereocenters. The standard InChI is InChI=1S/C38H76O2S/c1-3-5-7-9-11-13-15-17-19-21-23-25-27-29-31-33-36-41-37-34-38(39)40-35-32-30-28-26-24-22-20-18-16-14-12-10-8-6-4-2/h3-37H2,1-2H3. The molecule has 0 fully saturated rings. The highest BCUT2D eigenvalue weighted by Crippen LogP contribution is 2.16. The van der Waals surface area contributed by atoms with Gasteiger partial charge in [0.25, 0.3) is 0 Å². The number of rotatable bonds is 36. The summed E-state index contributed by atoms with van der Waals surface area (Å²) in [6, 6.07) is 0. The molecule has 0 aromatic rings. The molecule has 246 valence electrons. The van der Waals surface area contributed by atoms with Gasteiger partial charge in [0.2, 0.25) is 0 Å². The van der Waals surface area contributed by atoms with Gasteiger partial charge in [-0.3, -0.25) is 4.79 Å². The molecule has 2 nitrogen and oxygen atoms in total. The molecule has 0 aromatic heterocycles. The predicted octanol–water partition coefficient (Wildman–Crippen LogP) is 13.8. The van der Waals surface area contributed by atoms with Crippen LogP contribution < -0.4 is 0 Å². The minimum absolute atomic E-state index is 0.00911. The lowest BCUT2D eigenvalue weighted by Gasteiger charge is -2.06. The van der Waals surface area contributed by atoms with Crippen molar-refractivity contribution in [2.24, 2.45) is 0 Å². The summed E-state index contributed by atoms with van der Waals surface area (Å²) in [6.45, 7) is 5.21. The fourth-order valence-electron chi connectivity index (χ4n) is 5.74. The first-order chi connectivity index (χ1) is 20.3. The predicted molar refractivity (Wildman–Crippen MR) is 187 cm³/mol. The zero-order valence-corrected chi connectivity index (χ0v) is 29.3. The lowest BCUT2D eigenvalue weighted by molar-refractivity contribution is -0.143. The van der Waals surface area contributed by atoms with Crippen LogP contribution in [0, 0.1) is 0 Å². The van der Waals surface area contributed by atoms with Gasteiger partial charge in [-0.1, -0.05) is 200 Å². The van der Waals surface area contributed by atoms with E-state index >= 15 is 0 Å². The van der Waals surface area contributed by atoms with E-state index in [1.807, 2.05) is 11.8 Å². The normalized spacial score (nSPS) is 11.4. The molecule has 0 aliphatic carbocycles. The van der Waals surface area contributed by atoms with Crippen molar-refractivity contribution in [2.45, 2.75) is 219 Å². The molecule has 0 rings (SSSR count). The Labute approximate surface area is 264 Å². The van der Waals surface area contributed by atoms with Gasteiger partial charge in [-0.2, -0.15) is 11.8 Å². The van der Waals surface area contributed by atoms with E-state index in [0.717, 1.165) is 12.2 Å². The maximum absolute atomic E-state index is 11.9. The molecule has 0 heterocycles. The second-order valence-electron chi connectivity index (χ2n) is 12.8. The van der Waals surface area contributed by atoms with Crippen LogP contribution >= 0.6 is 11.8 Å². The van der Waals surface area contributed by atoms with Gasteiger partial charge in [-0.05, 0) is 18.6 Å². The van der Waals surface area contributed by atoms with Gasteiger partial charge < -0.3 is 4.74 Å². The molecule has 0 aliphatic rings. The van der Waals surface area contributed by atoms with Crippen molar-refractivity contribution in [3.05, 3.63) is 0 Å². The highest BCUT2D eigenvalue weighted by molar-refractivity contribution is 7.99. The number of carbonyl (C=O) groups excluding carboxylic acids is 1. The van der Waals surface area contributed by atoms with Crippen LogP contribution in [0.25, 0.3) is 0 Å². The van der Waals surface area contributed by atoms with E-state index in [-0.39, 0.29) is 5.97 Å². The van der Waals surface area contributed by atoms with Crippen LogP contribution in [0.2, 0.25) is 0 Å². The Balaban J connectivity index is 3.14. The fraction of sp³-hybridized carbons (Fsp3) is 0.974. The fourth-order valence-corrected chi connectivity index (χ4v) is 6.66. The summed E-state index contributed by atoms with van der Waals surface area (Å²) in [5.41, 5.74) is 0. The van der Waals surface area contributed by atoms with Gasteiger partial charge in [0.1, 0.15) is 0 Å². The lowest BCUT2D eigenvalue weighted by atomic mass is 10.0. The first-order valence-electron chi connectivity index (χ1n) is 19.0. The average Bonchev–Trinajstić information content (AvgIpc) is 2.98. The first kappa shape index (κ1) is 40.8. The molecule has 0 radical (unpaired) electrons. The quantitative estimate of drug-likeness (QED) is 0.0531. The Morgan fingerprint density at radius 2 is 0.683 bits per heavy atom. The summed E-state index contributed by atoms with van der Waals surface area (Å²) in [5, 5.41) is 0. The molecule has 3 heteroatoms. The van der Waals surface area contributed by atoms with E-state index < -0.39 is 0 Å². The summed E-state index contributed by atoms with van der Waals surface area (Å²) in [4.78, 5) is 11.9. The summed E-state index contributed by atoms with van der Waals surface area (Å²) < 4.78 is 5.44. The van der Waals surface area contributed by atoms with Gasteiger partial charge in [0.05, 0.1) is 13.0 Å². The molecule has 0 amide bonds. The van der Waals surface area contributed by atoms with E-state index in [0.29, 0.717) is 13.0 Å². The molecule has 0 bridgehead atoms. The number of esters is 1. The largest absolute Gasteiger partial charge is 0.466 e. The number of hydrogen-bond acceptors (Lipinski definition) is 3. The van der Waals surface area contributed by atoms with Crippen molar-refractivity contribution in [1.29, 1.82) is 0 Å². The van der Waals surface area contributed by atoms with Crippen LogP contribution in [-0.4, -0.2) is 24.1 Å². The van der Waals surface area contributed by atoms with Gasteiger partial charge in [-0.15, -0.1) is 0 Å². The smallest absolute Gasteiger partial charge is 0.306 e. The topological polar surface area (TPSA) is 26.3 Å². The van der Waals surface area contributed by atoms with Gasteiger partial charge in [0, 0.05) is 5.75 Å². The summed E-state index contributed by atoms with van der Waals surface area (Å²) in [7, 11) is 0. The molecule has 0 saturated heterocycles. The van der Waals surface area contributed by atoms with Gasteiger partial charge >= 0.3 is 5.97 Å². The lowest BCUT2D eigenvalue weighted by Crippen LogP contribution is -2.07. The third-order valence-electron chi connectivity index (χ3n) is 8.60. The van der Waals surface area contributed by atoms with E-state index in [1.54, 1.807) is 0 Å². The van der Waals surface area contributed by atoms with Crippen LogP contribution in [0.4, 0.5) is 0 Å². The molecule has 0 aliphatic heterocycles. The second-order valence-corrected chi connectivity index (χ2v) is 14.1. The number of hydrogen-bond donors (Lipinski definition) is 0. The third kappa shape index (κ3) is 37.8. The molecule has 0 N–H and O–H groups in total. The van der Waals surface area contributed by atoms with Crippen LogP contribution in [0.1, 0.15) is 219 Å². The highest BCUT2D eigenvalue weighted by atomic mass is 32.2. The molecule has 41 heavy (non-hydrogen) atoms. The van der Waals surface area contributed by atoms with Gasteiger partial charge in [-0.25, -0.2) is 0 Å². The molecular weight excluding hydrogens is 520 g/mol. The van der Waals surface area contributed by atoms with Crippen molar-refractivity contribution >= 4 is 17.7 Å². The van der Waals surface area contributed by atoms with Crippen molar-refractivity contribution < 1.29 is 9.53 Å². The van der Waals surface area contributed by atoms with Crippen LogP contribution in [0.3, 0.4) is 0 Å². The summed E-state index contributed by atoms with van der Waals surface area (Å²) in [6.07, 6.45) is 43.8. The van der Waals surface area contributed by atoms with Crippen LogP contribution in [0.15, 0.2) is 0 Å². The minimum atomic E-state index is 0.00911. The van der Waals surface area contributed by atoms with Crippen molar-refractivity contribution in [1.82, 2.24) is 0 Å². The molecular formula is C38H76O2S. The number of carbonyl (C=O) groups is 1. The molecule has 0 aromatic carbocycles. The van der Waals surface area contributed by atoms with E-state index in [9.17, 15) is 4.79 Å². The van der Waals surface area contributed by atoms with Crippen molar-refractivity contribution in [2.75, 3.05) is 18.1 Å². The van der Waals surface area contributed by atoms with E-state index in [1.165, 1.54) is 198 Å². The second kappa shape index (κ2) is 37.8. The maximum Gasteiger partial charge on any atom is 0.306 e. The zero-order valence-electron chi connectivity index (χ0n) is 28.5. The third-order valence-corrected chi connectivity index (χ3v) is 9.67. The van der Waals surface area contributed by atoms with Crippen molar-refractivity contribution in [3.8, 4) is 0 Å². The Bertz CT molecular complexity index is 481. The Kier molecular flexibility index (Phi) is 37.7. The van der Waals surface area contributed by atoms with Crippen molar-refractivity contribution in [3.63, 3.8) is 0 Å². The number of unbranched alkanes of at least 4 members (excludes halogenated alkanes) is 29. The summed E-state index contributed by atoms with van der Waals surface area (Å²) >= 11 is 1.93. The van der Waals surface area contributed by atoms with E-state index in [2.05, 4.69) is 13.8 Å². The van der Waals surface area contributed by atoms with Crippen LogP contribution in [-0.2, 0) is 9.53 Å². The first-order valence-corrected chi connectivity index (χ1v) is 20.2. The minimum Gasteiger partial charge on any atom is -0.466 e. The number of ether oxygens (including phenoxy) is 1. The molecule has 0 unspecified atom stereocenters. The summed E-state index contributed by atoms with van der Waals surface area (Å²) in [5.74, 6) is 2.14. The van der Waals surface area contributed by atoms with Gasteiger partial charge in [0.15, 0.2) is 0 Å². The molecule has 0 saturated carbocycles. The van der Waals surface area contributed by atoms with E-state index in [4.69, 9.17) is 4.74 Å². The Morgan fingerprint density at radius 3 is 1.02 bits per heavy atom. The zero-order chi connectivity index (χ0) is 29.7. The Hall–Kier alpha value is -0.180. The van der Waals surface area contributed by atoms with Crippen LogP contribution in [0.5, 0.6) is 0 Å². The SMILES string of the molecule is CCCCCCCCCCCCCCCCCCSCCC(=O)OCCCCCCCCCCCCCCCCC. The highest BCUT2D eigenvalue weighted by Gasteiger charge is 2.03. The molecule has 0 spiro atoms. The monoisotopic (exact) mass is 597 g/mol. The average molecular weight is 597 g/mol. The number of thioether (sulfide) groups is 1. The maximum atomic E-state index is 11.9. The Morgan fingerprint density at radius 1 is 0.390 bits per heavy atom.